The average Bonchev–Trinajstić information content (AvgIpc) is 3.54. The molecule has 3 N–H and O–H groups in total. The summed E-state index contributed by atoms with van der Waals surface area (Å²) in [6, 6.07) is 9.75. The monoisotopic (exact) mass is 377 g/mol. The van der Waals surface area contributed by atoms with Crippen LogP contribution in [0.15, 0.2) is 30.3 Å². The lowest BCUT2D eigenvalue weighted by molar-refractivity contribution is -0.130. The van der Waals surface area contributed by atoms with E-state index in [9.17, 15) is 9.59 Å². The molecule has 0 bridgehead atoms. The number of carbonyl (C=O) groups excluding carboxylic acids is 2. The molecule has 1 aromatic carbocycles. The van der Waals surface area contributed by atoms with E-state index >= 15 is 0 Å². The van der Waals surface area contributed by atoms with Crippen LogP contribution in [0.5, 0.6) is 0 Å². The van der Waals surface area contributed by atoms with Gasteiger partial charge in [-0.3, -0.25) is 9.59 Å². The first kappa shape index (κ1) is 19.2. The van der Waals surface area contributed by atoms with Gasteiger partial charge < -0.3 is 16.0 Å². The summed E-state index contributed by atoms with van der Waals surface area (Å²) in [7, 11) is 0. The molecule has 3 aliphatic rings. The van der Waals surface area contributed by atoms with E-state index in [1.54, 1.807) is 0 Å². The minimum atomic E-state index is -0.477. The Bertz CT molecular complexity index is 642. The number of carbonyl (C=O) groups is 2. The van der Waals surface area contributed by atoms with Gasteiger partial charge in [0.05, 0.1) is 0 Å². The van der Waals surface area contributed by atoms with Crippen LogP contribution in [0.4, 0.5) is 0 Å². The van der Waals surface area contributed by atoms with E-state index in [0.717, 1.165) is 50.8 Å². The molecule has 1 heterocycles. The van der Waals surface area contributed by atoms with Crippen molar-refractivity contribution in [2.24, 2.45) is 11.3 Å². The molecule has 2 aliphatic carbocycles. The maximum atomic E-state index is 12.8. The molecule has 1 aliphatic heterocycles. The smallest absolute Gasteiger partial charge is 0.243 e. The van der Waals surface area contributed by atoms with Crippen LogP contribution in [0.1, 0.15) is 37.7 Å². The molecule has 2 saturated carbocycles. The number of hydrogen-bond donors (Lipinski definition) is 3. The molecule has 26 heavy (non-hydrogen) atoms. The van der Waals surface area contributed by atoms with E-state index < -0.39 is 6.04 Å². The highest BCUT2D eigenvalue weighted by Crippen LogP contribution is 2.58. The summed E-state index contributed by atoms with van der Waals surface area (Å²) in [6.07, 6.45) is 5.77. The largest absolute Gasteiger partial charge is 0.352 e. The van der Waals surface area contributed by atoms with E-state index in [-0.39, 0.29) is 35.6 Å². The van der Waals surface area contributed by atoms with Crippen molar-refractivity contribution in [2.75, 3.05) is 13.1 Å². The van der Waals surface area contributed by atoms with Gasteiger partial charge in [-0.1, -0.05) is 30.3 Å². The zero-order chi connectivity index (χ0) is 17.3. The van der Waals surface area contributed by atoms with Gasteiger partial charge in [0.15, 0.2) is 0 Å². The zero-order valence-electron chi connectivity index (χ0n) is 15.0. The molecule has 2 unspecified atom stereocenters. The van der Waals surface area contributed by atoms with Gasteiger partial charge in [-0.25, -0.2) is 0 Å². The number of piperidine rings is 1. The molecule has 0 radical (unpaired) electrons. The number of hydrogen-bond acceptors (Lipinski definition) is 3. The van der Waals surface area contributed by atoms with E-state index in [1.165, 1.54) is 0 Å². The van der Waals surface area contributed by atoms with Crippen LogP contribution in [0, 0.1) is 11.3 Å². The van der Waals surface area contributed by atoms with Crippen LogP contribution >= 0.6 is 12.4 Å². The molecule has 4 rings (SSSR count). The minimum Gasteiger partial charge on any atom is -0.352 e. The van der Waals surface area contributed by atoms with Crippen LogP contribution in [-0.4, -0.2) is 37.0 Å². The van der Waals surface area contributed by atoms with Crippen molar-refractivity contribution >= 4 is 24.2 Å². The fourth-order valence-electron chi connectivity index (χ4n) is 4.06. The third kappa shape index (κ3) is 4.38. The van der Waals surface area contributed by atoms with Crippen LogP contribution < -0.4 is 16.0 Å². The fourth-order valence-corrected chi connectivity index (χ4v) is 4.06. The van der Waals surface area contributed by atoms with Gasteiger partial charge in [0.2, 0.25) is 11.8 Å². The number of halogens is 1. The summed E-state index contributed by atoms with van der Waals surface area (Å²) >= 11 is 0. The molecule has 1 spiro atoms. The highest BCUT2D eigenvalue weighted by atomic mass is 35.5. The maximum Gasteiger partial charge on any atom is 0.243 e. The lowest BCUT2D eigenvalue weighted by Crippen LogP contribution is -2.49. The molecule has 1 aromatic rings. The van der Waals surface area contributed by atoms with Crippen molar-refractivity contribution in [2.45, 2.75) is 50.6 Å². The van der Waals surface area contributed by atoms with Gasteiger partial charge in [-0.05, 0) is 56.2 Å². The second-order valence-electron chi connectivity index (χ2n) is 7.90. The van der Waals surface area contributed by atoms with Crippen LogP contribution in [0.3, 0.4) is 0 Å². The van der Waals surface area contributed by atoms with Crippen molar-refractivity contribution in [1.82, 2.24) is 16.0 Å². The first-order chi connectivity index (χ1) is 12.2. The number of nitrogens with one attached hydrogen (secondary N) is 3. The summed E-state index contributed by atoms with van der Waals surface area (Å²) in [6.45, 7) is 2.00. The highest BCUT2D eigenvalue weighted by molar-refractivity contribution is 5.90. The van der Waals surface area contributed by atoms with Gasteiger partial charge >= 0.3 is 0 Å². The first-order valence-corrected chi connectivity index (χ1v) is 9.52. The fraction of sp³-hybridized carbons (Fsp3) is 0.600. The van der Waals surface area contributed by atoms with Gasteiger partial charge in [0, 0.05) is 18.4 Å². The third-order valence-electron chi connectivity index (χ3n) is 5.94. The Morgan fingerprint density at radius 3 is 2.50 bits per heavy atom. The van der Waals surface area contributed by atoms with E-state index in [4.69, 9.17) is 0 Å². The molecule has 1 saturated heterocycles. The third-order valence-corrected chi connectivity index (χ3v) is 5.94. The molecular formula is C20H28ClN3O2. The minimum absolute atomic E-state index is 0. The average molecular weight is 378 g/mol. The topological polar surface area (TPSA) is 70.2 Å². The van der Waals surface area contributed by atoms with E-state index in [2.05, 4.69) is 16.0 Å². The lowest BCUT2D eigenvalue weighted by atomic mass is 9.91. The van der Waals surface area contributed by atoms with Gasteiger partial charge in [-0.15, -0.1) is 12.4 Å². The number of rotatable bonds is 6. The predicted octanol–water partition coefficient (Wildman–Crippen LogP) is 1.80. The Balaban J connectivity index is 0.00000196. The standard InChI is InChI=1S/C20H27N3O2.ClH/c24-18(16-13-20(16)8-10-21-11-9-20)23-17(19(25)22-15-6-7-15)12-14-4-2-1-3-5-14;/h1-5,15-17,21H,6-13H2,(H,22,25)(H,23,24);1H. The van der Waals surface area contributed by atoms with Crippen LogP contribution in [-0.2, 0) is 16.0 Å². The highest BCUT2D eigenvalue weighted by Gasteiger charge is 2.57. The van der Waals surface area contributed by atoms with Crippen LogP contribution in [0.2, 0.25) is 0 Å². The summed E-state index contributed by atoms with van der Waals surface area (Å²) < 4.78 is 0. The summed E-state index contributed by atoms with van der Waals surface area (Å²) in [5, 5.41) is 9.47. The van der Waals surface area contributed by atoms with E-state index in [0.29, 0.717) is 12.5 Å². The van der Waals surface area contributed by atoms with Crippen molar-refractivity contribution in [3.05, 3.63) is 35.9 Å². The molecule has 3 fully saturated rings. The van der Waals surface area contributed by atoms with E-state index in [1.807, 2.05) is 30.3 Å². The summed E-state index contributed by atoms with van der Waals surface area (Å²) in [5.74, 6) is 0.107. The second kappa shape index (κ2) is 7.97. The SMILES string of the molecule is Cl.O=C(NC1CC1)C(Cc1ccccc1)NC(=O)C1CC12CCNCC2. The Morgan fingerprint density at radius 1 is 1.15 bits per heavy atom. The summed E-state index contributed by atoms with van der Waals surface area (Å²) in [5.41, 5.74) is 1.27. The Morgan fingerprint density at radius 2 is 1.85 bits per heavy atom. The molecule has 2 atom stereocenters. The Hall–Kier alpha value is -1.59. The van der Waals surface area contributed by atoms with Crippen molar-refractivity contribution < 1.29 is 9.59 Å². The molecule has 5 nitrogen and oxygen atoms in total. The van der Waals surface area contributed by atoms with Gasteiger partial charge in [0.25, 0.3) is 0 Å². The normalized spacial score (nSPS) is 24.2. The molecule has 2 amide bonds. The van der Waals surface area contributed by atoms with Crippen LogP contribution in [0.25, 0.3) is 0 Å². The molecule has 142 valence electrons. The maximum absolute atomic E-state index is 12.8. The zero-order valence-corrected chi connectivity index (χ0v) is 15.8. The second-order valence-corrected chi connectivity index (χ2v) is 7.90. The van der Waals surface area contributed by atoms with Crippen molar-refractivity contribution in [3.63, 3.8) is 0 Å². The number of benzene rings is 1. The Labute approximate surface area is 161 Å². The van der Waals surface area contributed by atoms with Crippen molar-refractivity contribution in [1.29, 1.82) is 0 Å². The molecular weight excluding hydrogens is 350 g/mol. The van der Waals surface area contributed by atoms with Crippen molar-refractivity contribution in [3.8, 4) is 0 Å². The quantitative estimate of drug-likeness (QED) is 0.708. The Kier molecular flexibility index (Phi) is 5.88. The lowest BCUT2D eigenvalue weighted by Gasteiger charge is -2.24. The number of amides is 2. The predicted molar refractivity (Wildman–Crippen MR) is 103 cm³/mol. The first-order valence-electron chi connectivity index (χ1n) is 9.52. The van der Waals surface area contributed by atoms with Gasteiger partial charge in [0.1, 0.15) is 6.04 Å². The summed E-state index contributed by atoms with van der Waals surface area (Å²) in [4.78, 5) is 25.4. The molecule has 6 heteroatoms. The molecule has 0 aromatic heterocycles. The van der Waals surface area contributed by atoms with Gasteiger partial charge in [-0.2, -0.15) is 0 Å².